The van der Waals surface area contributed by atoms with Crippen LogP contribution in [0.2, 0.25) is 0 Å². The maximum atomic E-state index is 12.4. The highest BCUT2D eigenvalue weighted by molar-refractivity contribution is 5.24. The van der Waals surface area contributed by atoms with Crippen LogP contribution < -0.4 is 0 Å². The lowest BCUT2D eigenvalue weighted by Crippen LogP contribution is -2.11. The molecule has 0 saturated heterocycles. The number of benzene rings is 1. The summed E-state index contributed by atoms with van der Waals surface area (Å²) in [5.74, 6) is 0.587. The van der Waals surface area contributed by atoms with Crippen LogP contribution in [-0.4, -0.2) is 5.11 Å². The first-order valence-corrected chi connectivity index (χ1v) is 6.73. The number of hydrogen-bond donors (Lipinski definition) is 1. The molecule has 1 aromatic carbocycles. The Labute approximate surface area is 107 Å². The molecule has 1 N–H and O–H groups in total. The predicted octanol–water partition coefficient (Wildman–Crippen LogP) is 4.63. The van der Waals surface area contributed by atoms with Gasteiger partial charge >= 0.3 is 0 Å². The molecule has 1 saturated carbocycles. The van der Waals surface area contributed by atoms with Gasteiger partial charge in [-0.3, -0.25) is 0 Å². The Balaban J connectivity index is 1.93. The number of alkyl halides is 2. The lowest BCUT2D eigenvalue weighted by Gasteiger charge is -2.24. The highest BCUT2D eigenvalue weighted by atomic mass is 19.3. The van der Waals surface area contributed by atoms with Gasteiger partial charge < -0.3 is 5.11 Å². The first-order valence-electron chi connectivity index (χ1n) is 6.73. The summed E-state index contributed by atoms with van der Waals surface area (Å²) in [4.78, 5) is 0. The van der Waals surface area contributed by atoms with E-state index in [9.17, 15) is 13.9 Å². The monoisotopic (exact) mass is 254 g/mol. The standard InChI is InChI=1S/C15H20F2O/c16-15(17)13-8-6-12(7-9-13)14(18)10-11-4-2-1-3-5-11/h6-9,11,14-15,18H,1-5,10H2. The topological polar surface area (TPSA) is 20.2 Å². The van der Waals surface area contributed by atoms with E-state index in [4.69, 9.17) is 0 Å². The molecular weight excluding hydrogens is 234 g/mol. The van der Waals surface area contributed by atoms with Gasteiger partial charge in [-0.25, -0.2) is 8.78 Å². The van der Waals surface area contributed by atoms with E-state index >= 15 is 0 Å². The zero-order valence-corrected chi connectivity index (χ0v) is 10.5. The third kappa shape index (κ3) is 3.52. The van der Waals surface area contributed by atoms with Gasteiger partial charge in [-0.1, -0.05) is 56.4 Å². The predicted molar refractivity (Wildman–Crippen MR) is 67.6 cm³/mol. The summed E-state index contributed by atoms with van der Waals surface area (Å²) < 4.78 is 24.8. The number of halogens is 2. The van der Waals surface area contributed by atoms with E-state index in [0.29, 0.717) is 5.92 Å². The van der Waals surface area contributed by atoms with Crippen molar-refractivity contribution in [2.24, 2.45) is 5.92 Å². The Morgan fingerprint density at radius 1 is 1.00 bits per heavy atom. The Morgan fingerprint density at radius 3 is 2.11 bits per heavy atom. The van der Waals surface area contributed by atoms with E-state index in [1.807, 2.05) is 0 Å². The van der Waals surface area contributed by atoms with Crippen molar-refractivity contribution >= 4 is 0 Å². The molecule has 18 heavy (non-hydrogen) atoms. The van der Waals surface area contributed by atoms with E-state index in [1.54, 1.807) is 12.1 Å². The van der Waals surface area contributed by atoms with Crippen molar-refractivity contribution in [3.63, 3.8) is 0 Å². The molecule has 1 aliphatic rings. The van der Waals surface area contributed by atoms with Gasteiger partial charge in [-0.2, -0.15) is 0 Å². The van der Waals surface area contributed by atoms with Crippen LogP contribution in [0.15, 0.2) is 24.3 Å². The Kier molecular flexibility index (Phi) is 4.70. The maximum absolute atomic E-state index is 12.4. The zero-order chi connectivity index (χ0) is 13.0. The summed E-state index contributed by atoms with van der Waals surface area (Å²) in [6.45, 7) is 0. The number of aliphatic hydroxyl groups is 1. The molecule has 1 unspecified atom stereocenters. The van der Waals surface area contributed by atoms with Crippen molar-refractivity contribution < 1.29 is 13.9 Å². The molecule has 0 radical (unpaired) electrons. The summed E-state index contributed by atoms with van der Waals surface area (Å²) in [5, 5.41) is 10.1. The van der Waals surface area contributed by atoms with Crippen molar-refractivity contribution in [3.8, 4) is 0 Å². The second-order valence-electron chi connectivity index (χ2n) is 5.22. The van der Waals surface area contributed by atoms with E-state index in [1.165, 1.54) is 44.2 Å². The molecular formula is C15H20F2O. The summed E-state index contributed by atoms with van der Waals surface area (Å²) >= 11 is 0. The summed E-state index contributed by atoms with van der Waals surface area (Å²) in [7, 11) is 0. The molecule has 0 spiro atoms. The Hall–Kier alpha value is -0.960. The van der Waals surface area contributed by atoms with Crippen LogP contribution in [0.4, 0.5) is 8.78 Å². The first kappa shape index (κ1) is 13.5. The zero-order valence-electron chi connectivity index (χ0n) is 10.5. The minimum absolute atomic E-state index is 0.0172. The van der Waals surface area contributed by atoms with Gasteiger partial charge in [0.05, 0.1) is 6.10 Å². The third-order valence-corrected chi connectivity index (χ3v) is 3.85. The van der Waals surface area contributed by atoms with Crippen LogP contribution in [0, 0.1) is 5.92 Å². The van der Waals surface area contributed by atoms with Crippen molar-refractivity contribution in [1.29, 1.82) is 0 Å². The minimum atomic E-state index is -2.44. The van der Waals surface area contributed by atoms with Crippen molar-refractivity contribution in [1.82, 2.24) is 0 Å². The van der Waals surface area contributed by atoms with E-state index in [0.717, 1.165) is 12.0 Å². The highest BCUT2D eigenvalue weighted by Crippen LogP contribution is 2.32. The molecule has 1 atom stereocenters. The molecule has 1 aromatic rings. The third-order valence-electron chi connectivity index (χ3n) is 3.85. The van der Waals surface area contributed by atoms with Gasteiger partial charge in [0.1, 0.15) is 0 Å². The lowest BCUT2D eigenvalue weighted by molar-refractivity contribution is 0.130. The summed E-state index contributed by atoms with van der Waals surface area (Å²) in [5.41, 5.74) is 0.772. The molecule has 100 valence electrons. The Bertz CT molecular complexity index is 355. The molecule has 0 bridgehead atoms. The number of hydrogen-bond acceptors (Lipinski definition) is 1. The number of aliphatic hydroxyl groups excluding tert-OH is 1. The number of rotatable bonds is 4. The minimum Gasteiger partial charge on any atom is -0.388 e. The highest BCUT2D eigenvalue weighted by Gasteiger charge is 2.18. The van der Waals surface area contributed by atoms with Gasteiger partial charge in [-0.05, 0) is 17.9 Å². The fourth-order valence-electron chi connectivity index (χ4n) is 2.74. The van der Waals surface area contributed by atoms with Gasteiger partial charge in [0.25, 0.3) is 6.43 Å². The van der Waals surface area contributed by atoms with E-state index in [2.05, 4.69) is 0 Å². The average Bonchev–Trinajstić information content (AvgIpc) is 2.40. The van der Waals surface area contributed by atoms with Crippen LogP contribution in [0.25, 0.3) is 0 Å². The maximum Gasteiger partial charge on any atom is 0.263 e. The molecule has 2 rings (SSSR count). The molecule has 1 nitrogen and oxygen atoms in total. The molecule has 0 aromatic heterocycles. The van der Waals surface area contributed by atoms with Crippen LogP contribution in [0.5, 0.6) is 0 Å². The lowest BCUT2D eigenvalue weighted by atomic mass is 9.84. The van der Waals surface area contributed by atoms with E-state index in [-0.39, 0.29) is 5.56 Å². The van der Waals surface area contributed by atoms with Crippen molar-refractivity contribution in [2.75, 3.05) is 0 Å². The van der Waals surface area contributed by atoms with Gasteiger partial charge in [0.2, 0.25) is 0 Å². The fraction of sp³-hybridized carbons (Fsp3) is 0.600. The molecule has 0 aliphatic heterocycles. The van der Waals surface area contributed by atoms with Crippen molar-refractivity contribution in [3.05, 3.63) is 35.4 Å². The normalized spacial score (nSPS) is 19.1. The molecule has 3 heteroatoms. The second kappa shape index (κ2) is 6.28. The summed E-state index contributed by atoms with van der Waals surface area (Å²) in [6.07, 6.45) is 3.99. The SMILES string of the molecule is OC(CC1CCCCC1)c1ccc(C(F)F)cc1. The van der Waals surface area contributed by atoms with Crippen molar-refractivity contribution in [2.45, 2.75) is 51.1 Å². The van der Waals surface area contributed by atoms with Crippen LogP contribution >= 0.6 is 0 Å². The fourth-order valence-corrected chi connectivity index (χ4v) is 2.74. The average molecular weight is 254 g/mol. The molecule has 0 amide bonds. The van der Waals surface area contributed by atoms with Gasteiger partial charge in [0, 0.05) is 5.56 Å². The first-order chi connectivity index (χ1) is 8.66. The van der Waals surface area contributed by atoms with Crippen LogP contribution in [-0.2, 0) is 0 Å². The quantitative estimate of drug-likeness (QED) is 0.830. The van der Waals surface area contributed by atoms with E-state index < -0.39 is 12.5 Å². The van der Waals surface area contributed by atoms with Gasteiger partial charge in [0.15, 0.2) is 0 Å². The Morgan fingerprint density at radius 2 is 1.56 bits per heavy atom. The smallest absolute Gasteiger partial charge is 0.263 e. The van der Waals surface area contributed by atoms with Crippen LogP contribution in [0.3, 0.4) is 0 Å². The summed E-state index contributed by atoms with van der Waals surface area (Å²) in [6, 6.07) is 6.05. The second-order valence-corrected chi connectivity index (χ2v) is 5.22. The molecule has 0 heterocycles. The molecule has 1 fully saturated rings. The van der Waals surface area contributed by atoms with Crippen LogP contribution in [0.1, 0.15) is 62.2 Å². The van der Waals surface area contributed by atoms with Gasteiger partial charge in [-0.15, -0.1) is 0 Å². The molecule has 1 aliphatic carbocycles. The largest absolute Gasteiger partial charge is 0.388 e.